The van der Waals surface area contributed by atoms with Crippen molar-refractivity contribution in [1.29, 1.82) is 0 Å². The van der Waals surface area contributed by atoms with Crippen molar-refractivity contribution in [3.63, 3.8) is 0 Å². The van der Waals surface area contributed by atoms with E-state index in [1.807, 2.05) is 12.3 Å². The van der Waals surface area contributed by atoms with Gasteiger partial charge in [-0.15, -0.1) is 11.3 Å². The number of aromatic nitrogens is 1. The van der Waals surface area contributed by atoms with Crippen LogP contribution in [0.1, 0.15) is 37.9 Å². The molecule has 1 aromatic heterocycles. The first-order valence-electron chi connectivity index (χ1n) is 6.05. The molecule has 1 aliphatic rings. The summed E-state index contributed by atoms with van der Waals surface area (Å²) in [5.41, 5.74) is 2.38. The van der Waals surface area contributed by atoms with Crippen molar-refractivity contribution in [3.05, 3.63) is 16.6 Å². The van der Waals surface area contributed by atoms with Gasteiger partial charge in [0.1, 0.15) is 0 Å². The largest absolute Gasteiger partial charge is 0.481 e. The zero-order valence-corrected chi connectivity index (χ0v) is 11.0. The van der Waals surface area contributed by atoms with Crippen LogP contribution in [0.5, 0.6) is 0 Å². The Labute approximate surface area is 109 Å². The van der Waals surface area contributed by atoms with Crippen LogP contribution in [0.3, 0.4) is 0 Å². The molecule has 1 N–H and O–H groups in total. The van der Waals surface area contributed by atoms with E-state index in [9.17, 15) is 14.7 Å². The molecular formula is C12H16N2O3S. The number of aliphatic carboxylic acids is 1. The molecule has 0 aliphatic carbocycles. The van der Waals surface area contributed by atoms with E-state index in [-0.39, 0.29) is 5.91 Å². The van der Waals surface area contributed by atoms with Crippen molar-refractivity contribution in [1.82, 2.24) is 9.88 Å². The third-order valence-electron chi connectivity index (χ3n) is 3.36. The summed E-state index contributed by atoms with van der Waals surface area (Å²) >= 11 is 1.43. The Morgan fingerprint density at radius 3 is 3.00 bits per heavy atom. The maximum atomic E-state index is 12.0. The number of carbonyl (C=O) groups is 2. The molecule has 98 valence electrons. The van der Waals surface area contributed by atoms with Crippen LogP contribution in [0.25, 0.3) is 0 Å². The summed E-state index contributed by atoms with van der Waals surface area (Å²) in [6, 6.07) is -0.422. The molecule has 1 aromatic rings. The van der Waals surface area contributed by atoms with Crippen LogP contribution in [0.2, 0.25) is 0 Å². The normalized spacial score (nSPS) is 24.9. The summed E-state index contributed by atoms with van der Waals surface area (Å²) in [6.45, 7) is 2.40. The second kappa shape index (κ2) is 5.48. The lowest BCUT2D eigenvalue weighted by Crippen LogP contribution is -2.39. The van der Waals surface area contributed by atoms with Crippen LogP contribution < -0.4 is 0 Å². The first-order chi connectivity index (χ1) is 8.65. The minimum atomic E-state index is -0.846. The van der Waals surface area contributed by atoms with Crippen molar-refractivity contribution < 1.29 is 14.7 Å². The van der Waals surface area contributed by atoms with Gasteiger partial charge < -0.3 is 10.0 Å². The molecule has 2 heterocycles. The third-order valence-corrected chi connectivity index (χ3v) is 3.96. The van der Waals surface area contributed by atoms with Crippen LogP contribution in [-0.2, 0) is 9.59 Å². The Hall–Kier alpha value is -1.43. The van der Waals surface area contributed by atoms with Crippen molar-refractivity contribution in [3.8, 4) is 0 Å². The molecule has 0 aromatic carbocycles. The molecule has 1 fully saturated rings. The molecule has 2 atom stereocenters. The van der Waals surface area contributed by atoms with Crippen LogP contribution >= 0.6 is 11.3 Å². The number of carboxylic acid groups (broad SMARTS) is 1. The lowest BCUT2D eigenvalue weighted by atomic mass is 9.93. The first-order valence-corrected chi connectivity index (χ1v) is 6.99. The Bertz CT molecular complexity index is 431. The number of nitrogens with zero attached hydrogens (tertiary/aromatic N) is 2. The van der Waals surface area contributed by atoms with Gasteiger partial charge in [-0.05, 0) is 19.8 Å². The molecule has 0 radical (unpaired) electrons. The summed E-state index contributed by atoms with van der Waals surface area (Å²) in [6.07, 6.45) is 1.59. The summed E-state index contributed by atoms with van der Waals surface area (Å²) in [5.74, 6) is -1.38. The van der Waals surface area contributed by atoms with Crippen molar-refractivity contribution >= 4 is 23.2 Å². The smallest absolute Gasteiger partial charge is 0.309 e. The van der Waals surface area contributed by atoms with Gasteiger partial charge in [-0.3, -0.25) is 9.59 Å². The Balaban J connectivity index is 2.40. The standard InChI is InChI=1S/C12H16N2O3S/c1-2-14-10(15)5-3-4-8(12(16)17)11(14)9-6-18-7-13-9/h6-8,11H,2-5H2,1H3,(H,16,17). The number of carboxylic acids is 1. The van der Waals surface area contributed by atoms with Crippen LogP contribution in [0.4, 0.5) is 0 Å². The molecule has 1 aliphatic heterocycles. The predicted octanol–water partition coefficient (Wildman–Crippen LogP) is 1.92. The fourth-order valence-corrected chi connectivity index (χ4v) is 3.10. The van der Waals surface area contributed by atoms with Crippen molar-refractivity contribution in [2.45, 2.75) is 32.2 Å². The number of hydrogen-bond donors (Lipinski definition) is 1. The van der Waals surface area contributed by atoms with E-state index in [2.05, 4.69) is 4.98 Å². The zero-order valence-electron chi connectivity index (χ0n) is 10.2. The highest BCUT2D eigenvalue weighted by atomic mass is 32.1. The second-order valence-corrected chi connectivity index (χ2v) is 5.09. The molecule has 5 nitrogen and oxygen atoms in total. The van der Waals surface area contributed by atoms with Gasteiger partial charge in [-0.2, -0.15) is 0 Å². The molecule has 0 bridgehead atoms. The van der Waals surface area contributed by atoms with Gasteiger partial charge in [0.2, 0.25) is 5.91 Å². The van der Waals surface area contributed by atoms with Gasteiger partial charge in [0.25, 0.3) is 0 Å². The molecule has 1 saturated heterocycles. The summed E-state index contributed by atoms with van der Waals surface area (Å²) in [5, 5.41) is 11.2. The van der Waals surface area contributed by atoms with Crippen LogP contribution in [0, 0.1) is 5.92 Å². The number of rotatable bonds is 3. The average Bonchev–Trinajstić information content (AvgIpc) is 2.79. The molecule has 2 unspecified atom stereocenters. The van der Waals surface area contributed by atoms with Crippen LogP contribution in [-0.4, -0.2) is 33.4 Å². The minimum absolute atomic E-state index is 0.0271. The number of likely N-dealkylation sites (tertiary alicyclic amines) is 1. The SMILES string of the molecule is CCN1C(=O)CCCC(C(=O)O)C1c1cscn1. The van der Waals surface area contributed by atoms with E-state index in [1.165, 1.54) is 11.3 Å². The number of carbonyl (C=O) groups excluding carboxylic acids is 1. The molecule has 18 heavy (non-hydrogen) atoms. The molecule has 0 spiro atoms. The van der Waals surface area contributed by atoms with E-state index < -0.39 is 17.9 Å². The highest BCUT2D eigenvalue weighted by Crippen LogP contribution is 2.35. The van der Waals surface area contributed by atoms with E-state index in [4.69, 9.17) is 0 Å². The summed E-state index contributed by atoms with van der Waals surface area (Å²) in [7, 11) is 0. The minimum Gasteiger partial charge on any atom is -0.481 e. The second-order valence-electron chi connectivity index (χ2n) is 4.37. The van der Waals surface area contributed by atoms with E-state index in [0.29, 0.717) is 31.5 Å². The van der Waals surface area contributed by atoms with Gasteiger partial charge in [-0.1, -0.05) is 0 Å². The van der Waals surface area contributed by atoms with Gasteiger partial charge in [0.15, 0.2) is 0 Å². The van der Waals surface area contributed by atoms with Crippen molar-refractivity contribution in [2.75, 3.05) is 6.54 Å². The molecule has 6 heteroatoms. The maximum Gasteiger partial charge on any atom is 0.309 e. The van der Waals surface area contributed by atoms with Crippen molar-refractivity contribution in [2.24, 2.45) is 5.92 Å². The Morgan fingerprint density at radius 2 is 2.44 bits per heavy atom. The maximum absolute atomic E-state index is 12.0. The fourth-order valence-electron chi connectivity index (χ4n) is 2.51. The first kappa shape index (κ1) is 13.0. The van der Waals surface area contributed by atoms with Crippen LogP contribution in [0.15, 0.2) is 10.9 Å². The van der Waals surface area contributed by atoms with E-state index in [1.54, 1.807) is 10.4 Å². The van der Waals surface area contributed by atoms with Gasteiger partial charge in [-0.25, -0.2) is 4.98 Å². The number of hydrogen-bond acceptors (Lipinski definition) is 4. The topological polar surface area (TPSA) is 70.5 Å². The molecule has 0 saturated carbocycles. The lowest BCUT2D eigenvalue weighted by Gasteiger charge is -2.31. The third kappa shape index (κ3) is 2.38. The molecule has 1 amide bonds. The fraction of sp³-hybridized carbons (Fsp3) is 0.583. The average molecular weight is 268 g/mol. The van der Waals surface area contributed by atoms with Gasteiger partial charge in [0, 0.05) is 18.3 Å². The lowest BCUT2D eigenvalue weighted by molar-refractivity contribution is -0.146. The monoisotopic (exact) mass is 268 g/mol. The highest BCUT2D eigenvalue weighted by molar-refractivity contribution is 7.07. The highest BCUT2D eigenvalue weighted by Gasteiger charge is 2.38. The Kier molecular flexibility index (Phi) is 3.96. The zero-order chi connectivity index (χ0) is 13.1. The number of amides is 1. The van der Waals surface area contributed by atoms with E-state index >= 15 is 0 Å². The predicted molar refractivity (Wildman–Crippen MR) is 67.2 cm³/mol. The van der Waals surface area contributed by atoms with E-state index in [0.717, 1.165) is 0 Å². The van der Waals surface area contributed by atoms with Gasteiger partial charge in [0.05, 0.1) is 23.2 Å². The quantitative estimate of drug-likeness (QED) is 0.909. The summed E-state index contributed by atoms with van der Waals surface area (Å²) in [4.78, 5) is 29.3. The Morgan fingerprint density at radius 1 is 1.67 bits per heavy atom. The number of thiazole rings is 1. The summed E-state index contributed by atoms with van der Waals surface area (Å²) < 4.78 is 0. The molecular weight excluding hydrogens is 252 g/mol. The molecule has 2 rings (SSSR count). The van der Waals surface area contributed by atoms with Gasteiger partial charge >= 0.3 is 5.97 Å².